The third-order valence-electron chi connectivity index (χ3n) is 7.10. The maximum absolute atomic E-state index is 12.9. The molecule has 0 aromatic heterocycles. The van der Waals surface area contributed by atoms with Crippen LogP contribution < -0.4 is 22.0 Å². The highest BCUT2D eigenvalue weighted by molar-refractivity contribution is 7.81. The second kappa shape index (κ2) is 15.8. The van der Waals surface area contributed by atoms with Crippen LogP contribution in [0.15, 0.2) is 160 Å². The summed E-state index contributed by atoms with van der Waals surface area (Å²) < 4.78 is 65.9. The number of aryl methyl sites for hydroxylation is 1. The second-order valence-electron chi connectivity index (χ2n) is 10.5. The Hall–Kier alpha value is -5.23. The predicted molar refractivity (Wildman–Crippen MR) is 190 cm³/mol. The normalized spacial score (nSPS) is 12.7. The van der Waals surface area contributed by atoms with Crippen molar-refractivity contribution in [1.29, 1.82) is 0 Å². The van der Waals surface area contributed by atoms with E-state index in [1.54, 1.807) is 116 Å². The fraction of sp³-hybridized carbons (Fsp3) is 0.0526. The molecule has 6 aromatic carbocycles. The molecular formula is C38H30O8S3. The van der Waals surface area contributed by atoms with Crippen molar-refractivity contribution >= 4 is 33.2 Å². The lowest BCUT2D eigenvalue weighted by Gasteiger charge is -2.10. The SMILES string of the molecule is COc1ccc(S(=O)Oc2ccc(Oc3ccc(S(=O)Oc4ccc(-c5ccc(S(=O)Oc6ccc(C)cc6)cc5)cc4)cc3)cc2)cc1. The molecule has 0 amide bonds. The first kappa shape index (κ1) is 33.7. The molecule has 0 spiro atoms. The molecule has 11 heteroatoms. The van der Waals surface area contributed by atoms with Crippen LogP contribution in [0.4, 0.5) is 0 Å². The zero-order valence-corrected chi connectivity index (χ0v) is 28.8. The number of benzene rings is 6. The molecule has 8 nitrogen and oxygen atoms in total. The Bertz CT molecular complexity index is 2060. The van der Waals surface area contributed by atoms with Gasteiger partial charge in [0, 0.05) is 0 Å². The van der Waals surface area contributed by atoms with Gasteiger partial charge < -0.3 is 22.0 Å². The van der Waals surface area contributed by atoms with Gasteiger partial charge in [-0.2, -0.15) is 0 Å². The van der Waals surface area contributed by atoms with Crippen LogP contribution in [0.25, 0.3) is 11.1 Å². The van der Waals surface area contributed by atoms with Crippen molar-refractivity contribution in [2.75, 3.05) is 7.11 Å². The van der Waals surface area contributed by atoms with Crippen molar-refractivity contribution < 1.29 is 34.6 Å². The van der Waals surface area contributed by atoms with E-state index in [-0.39, 0.29) is 0 Å². The Morgan fingerprint density at radius 2 is 0.653 bits per heavy atom. The Kier molecular flexibility index (Phi) is 10.8. The molecule has 0 bridgehead atoms. The van der Waals surface area contributed by atoms with Crippen LogP contribution in [-0.2, 0) is 33.2 Å². The summed E-state index contributed by atoms with van der Waals surface area (Å²) in [7, 11) is 1.57. The van der Waals surface area contributed by atoms with Gasteiger partial charge in [-0.15, -0.1) is 0 Å². The van der Waals surface area contributed by atoms with Gasteiger partial charge in [-0.1, -0.05) is 42.0 Å². The lowest BCUT2D eigenvalue weighted by molar-refractivity contribution is 0.414. The van der Waals surface area contributed by atoms with Gasteiger partial charge in [-0.25, -0.2) is 12.6 Å². The third kappa shape index (κ3) is 9.02. The van der Waals surface area contributed by atoms with Crippen LogP contribution in [0.3, 0.4) is 0 Å². The molecule has 3 unspecified atom stereocenters. The van der Waals surface area contributed by atoms with Gasteiger partial charge in [0.1, 0.15) is 34.5 Å². The van der Waals surface area contributed by atoms with Crippen molar-refractivity contribution in [2.45, 2.75) is 21.6 Å². The summed E-state index contributed by atoms with van der Waals surface area (Å²) >= 11 is -5.06. The first-order chi connectivity index (χ1) is 23.8. The maximum atomic E-state index is 12.9. The van der Waals surface area contributed by atoms with Crippen molar-refractivity contribution in [3.05, 3.63) is 151 Å². The van der Waals surface area contributed by atoms with Crippen LogP contribution in [-0.4, -0.2) is 19.7 Å². The average molecular weight is 711 g/mol. The van der Waals surface area contributed by atoms with E-state index in [1.165, 1.54) is 0 Å². The number of rotatable bonds is 13. The van der Waals surface area contributed by atoms with E-state index in [9.17, 15) is 12.6 Å². The van der Waals surface area contributed by atoms with Crippen molar-refractivity contribution in [2.24, 2.45) is 0 Å². The fourth-order valence-electron chi connectivity index (χ4n) is 4.47. The summed E-state index contributed by atoms with van der Waals surface area (Å²) in [5.74, 6) is 3.17. The molecule has 0 aliphatic carbocycles. The number of ether oxygens (including phenoxy) is 2. The maximum Gasteiger partial charge on any atom is 0.240 e. The quantitative estimate of drug-likeness (QED) is 0.117. The van der Waals surface area contributed by atoms with Gasteiger partial charge >= 0.3 is 0 Å². The highest BCUT2D eigenvalue weighted by atomic mass is 32.2. The number of methoxy groups -OCH3 is 1. The smallest absolute Gasteiger partial charge is 0.240 e. The Morgan fingerprint density at radius 1 is 0.367 bits per heavy atom. The molecule has 0 N–H and O–H groups in total. The first-order valence-electron chi connectivity index (χ1n) is 14.9. The summed E-state index contributed by atoms with van der Waals surface area (Å²) in [6.07, 6.45) is 0. The Balaban J connectivity index is 0.993. The highest BCUT2D eigenvalue weighted by Gasteiger charge is 2.11. The number of hydrogen-bond donors (Lipinski definition) is 0. The molecule has 248 valence electrons. The van der Waals surface area contributed by atoms with E-state index < -0.39 is 33.2 Å². The Labute approximate surface area is 292 Å². The van der Waals surface area contributed by atoms with E-state index in [0.717, 1.165) is 16.7 Å². The van der Waals surface area contributed by atoms with Gasteiger partial charge in [-0.3, -0.25) is 0 Å². The summed E-state index contributed by atoms with van der Waals surface area (Å²) in [4.78, 5) is 1.54. The van der Waals surface area contributed by atoms with Gasteiger partial charge in [0.15, 0.2) is 0 Å². The molecule has 0 fully saturated rings. The number of hydrogen-bond acceptors (Lipinski definition) is 8. The van der Waals surface area contributed by atoms with E-state index in [1.807, 2.05) is 43.3 Å². The second-order valence-corrected chi connectivity index (χ2v) is 13.9. The summed E-state index contributed by atoms with van der Waals surface area (Å²) in [5.41, 5.74) is 2.94. The predicted octanol–water partition coefficient (Wildman–Crippen LogP) is 8.77. The molecule has 0 aliphatic heterocycles. The zero-order chi connectivity index (χ0) is 34.2. The minimum Gasteiger partial charge on any atom is -0.497 e. The molecule has 0 radical (unpaired) electrons. The van der Waals surface area contributed by atoms with E-state index in [2.05, 4.69) is 0 Å². The average Bonchev–Trinajstić information content (AvgIpc) is 3.14. The summed E-state index contributed by atoms with van der Waals surface area (Å²) in [6.45, 7) is 1.98. The lowest BCUT2D eigenvalue weighted by Crippen LogP contribution is -2.01. The van der Waals surface area contributed by atoms with Crippen molar-refractivity contribution in [1.82, 2.24) is 0 Å². The molecule has 0 saturated carbocycles. The molecule has 6 rings (SSSR count). The van der Waals surface area contributed by atoms with E-state index in [4.69, 9.17) is 22.0 Å². The Morgan fingerprint density at radius 3 is 1.06 bits per heavy atom. The molecule has 0 saturated heterocycles. The van der Waals surface area contributed by atoms with Crippen LogP contribution in [0.5, 0.6) is 34.5 Å². The summed E-state index contributed by atoms with van der Waals surface area (Å²) in [5, 5.41) is 0. The first-order valence-corrected chi connectivity index (χ1v) is 18.1. The fourth-order valence-corrected chi connectivity index (χ4v) is 6.69. The topological polar surface area (TPSA) is 97.4 Å². The monoisotopic (exact) mass is 710 g/mol. The van der Waals surface area contributed by atoms with Crippen LogP contribution in [0.1, 0.15) is 5.56 Å². The van der Waals surface area contributed by atoms with Crippen LogP contribution in [0, 0.1) is 6.92 Å². The molecule has 6 aromatic rings. The molecule has 0 heterocycles. The zero-order valence-electron chi connectivity index (χ0n) is 26.3. The molecule has 49 heavy (non-hydrogen) atoms. The van der Waals surface area contributed by atoms with E-state index >= 15 is 0 Å². The highest BCUT2D eigenvalue weighted by Crippen LogP contribution is 2.28. The van der Waals surface area contributed by atoms with Gasteiger partial charge in [-0.05, 0) is 127 Å². The van der Waals surface area contributed by atoms with Crippen LogP contribution in [0.2, 0.25) is 0 Å². The molecule has 3 atom stereocenters. The van der Waals surface area contributed by atoms with E-state index in [0.29, 0.717) is 49.2 Å². The van der Waals surface area contributed by atoms with Gasteiger partial charge in [0.2, 0.25) is 33.2 Å². The minimum atomic E-state index is -1.75. The summed E-state index contributed by atoms with van der Waals surface area (Å²) in [6, 6.07) is 42.2. The third-order valence-corrected chi connectivity index (χ3v) is 10.1. The molecular weight excluding hydrogens is 681 g/mol. The van der Waals surface area contributed by atoms with Crippen molar-refractivity contribution in [3.63, 3.8) is 0 Å². The molecule has 0 aliphatic rings. The van der Waals surface area contributed by atoms with Gasteiger partial charge in [0.05, 0.1) is 21.8 Å². The largest absolute Gasteiger partial charge is 0.497 e. The van der Waals surface area contributed by atoms with Crippen molar-refractivity contribution in [3.8, 4) is 45.6 Å². The minimum absolute atomic E-state index is 0.424. The van der Waals surface area contributed by atoms with Gasteiger partial charge in [0.25, 0.3) is 0 Å². The lowest BCUT2D eigenvalue weighted by atomic mass is 10.1. The standard InChI is InChI=1S/C38H30O8S3/c1-27-3-9-33(10-4-27)44-47(39)36-21-7-29(8-22-36)28-5-11-34(12-6-28)45-49(41)38-25-19-32(20-26-38)43-31-13-15-35(16-14-31)46-48(40)37-23-17-30(42-2)18-24-37/h3-26H,1-2H3. The van der Waals surface area contributed by atoms with Crippen LogP contribution >= 0.6 is 0 Å².